The first-order valence-electron chi connectivity index (χ1n) is 5.29. The van der Waals surface area contributed by atoms with E-state index in [9.17, 15) is 4.79 Å². The van der Waals surface area contributed by atoms with Gasteiger partial charge in [0.2, 0.25) is 0 Å². The SMILES string of the molecule is CCOC(=O)c1c(N)[nH]c2c(Br)c(C)ccc12. The highest BCUT2D eigenvalue weighted by molar-refractivity contribution is 9.10. The van der Waals surface area contributed by atoms with Crippen LogP contribution in [-0.2, 0) is 4.74 Å². The number of carbonyl (C=O) groups excluding carboxylic acids is 1. The molecule has 17 heavy (non-hydrogen) atoms. The monoisotopic (exact) mass is 296 g/mol. The van der Waals surface area contributed by atoms with Crippen molar-refractivity contribution in [2.75, 3.05) is 12.3 Å². The topological polar surface area (TPSA) is 68.1 Å². The molecule has 0 amide bonds. The van der Waals surface area contributed by atoms with E-state index in [4.69, 9.17) is 10.5 Å². The van der Waals surface area contributed by atoms with Crippen molar-refractivity contribution in [3.63, 3.8) is 0 Å². The highest BCUT2D eigenvalue weighted by Gasteiger charge is 2.19. The molecule has 0 saturated carbocycles. The van der Waals surface area contributed by atoms with Gasteiger partial charge in [0.1, 0.15) is 11.4 Å². The van der Waals surface area contributed by atoms with Gasteiger partial charge in [-0.25, -0.2) is 4.79 Å². The number of esters is 1. The van der Waals surface area contributed by atoms with Gasteiger partial charge in [0.15, 0.2) is 0 Å². The molecule has 0 aliphatic heterocycles. The average molecular weight is 297 g/mol. The van der Waals surface area contributed by atoms with E-state index in [0.717, 1.165) is 20.9 Å². The maximum absolute atomic E-state index is 11.8. The molecule has 0 saturated heterocycles. The van der Waals surface area contributed by atoms with Crippen molar-refractivity contribution in [2.24, 2.45) is 0 Å². The van der Waals surface area contributed by atoms with Crippen LogP contribution in [0.5, 0.6) is 0 Å². The van der Waals surface area contributed by atoms with E-state index >= 15 is 0 Å². The summed E-state index contributed by atoms with van der Waals surface area (Å²) in [6, 6.07) is 3.80. The number of H-pyrrole nitrogens is 1. The number of anilines is 1. The minimum Gasteiger partial charge on any atom is -0.462 e. The van der Waals surface area contributed by atoms with Gasteiger partial charge in [0.05, 0.1) is 12.1 Å². The molecule has 0 bridgehead atoms. The fraction of sp³-hybridized carbons (Fsp3) is 0.250. The number of aromatic amines is 1. The van der Waals surface area contributed by atoms with E-state index < -0.39 is 5.97 Å². The van der Waals surface area contributed by atoms with Crippen LogP contribution in [0.1, 0.15) is 22.8 Å². The van der Waals surface area contributed by atoms with Gasteiger partial charge >= 0.3 is 5.97 Å². The lowest BCUT2D eigenvalue weighted by Gasteiger charge is -2.02. The summed E-state index contributed by atoms with van der Waals surface area (Å²) in [6.45, 7) is 4.07. The fourth-order valence-electron chi connectivity index (χ4n) is 1.78. The summed E-state index contributed by atoms with van der Waals surface area (Å²) in [6.07, 6.45) is 0. The van der Waals surface area contributed by atoms with Crippen molar-refractivity contribution in [1.29, 1.82) is 0 Å². The summed E-state index contributed by atoms with van der Waals surface area (Å²) in [5.41, 5.74) is 8.13. The number of halogens is 1. The normalized spacial score (nSPS) is 10.8. The Morgan fingerprint density at radius 3 is 2.88 bits per heavy atom. The Hall–Kier alpha value is -1.49. The van der Waals surface area contributed by atoms with Crippen molar-refractivity contribution in [3.05, 3.63) is 27.7 Å². The Morgan fingerprint density at radius 1 is 1.53 bits per heavy atom. The van der Waals surface area contributed by atoms with Gasteiger partial charge in [-0.05, 0) is 35.3 Å². The van der Waals surface area contributed by atoms with Crippen LogP contribution >= 0.6 is 15.9 Å². The standard InChI is InChI=1S/C12H13BrN2O2/c1-3-17-12(16)8-7-5-4-6(2)9(13)10(7)15-11(8)14/h4-5,15H,3,14H2,1-2H3. The van der Waals surface area contributed by atoms with Crippen molar-refractivity contribution in [1.82, 2.24) is 4.98 Å². The molecule has 0 fully saturated rings. The second-order valence-corrected chi connectivity index (χ2v) is 4.55. The highest BCUT2D eigenvalue weighted by Crippen LogP contribution is 2.32. The molecule has 2 aromatic rings. The predicted octanol–water partition coefficient (Wildman–Crippen LogP) is 3.00. The van der Waals surface area contributed by atoms with Crippen LogP contribution in [0.25, 0.3) is 10.9 Å². The third-order valence-corrected chi connectivity index (χ3v) is 3.63. The minimum atomic E-state index is -0.396. The lowest BCUT2D eigenvalue weighted by molar-refractivity contribution is 0.0530. The first kappa shape index (κ1) is 12.0. The van der Waals surface area contributed by atoms with Crippen LogP contribution in [0.2, 0.25) is 0 Å². The minimum absolute atomic E-state index is 0.331. The molecule has 3 N–H and O–H groups in total. The van der Waals surface area contributed by atoms with Crippen LogP contribution in [0.4, 0.5) is 5.82 Å². The summed E-state index contributed by atoms with van der Waals surface area (Å²) in [4.78, 5) is 14.8. The quantitative estimate of drug-likeness (QED) is 0.837. The Morgan fingerprint density at radius 2 is 2.24 bits per heavy atom. The fourth-order valence-corrected chi connectivity index (χ4v) is 2.22. The Balaban J connectivity index is 2.69. The van der Waals surface area contributed by atoms with E-state index in [2.05, 4.69) is 20.9 Å². The zero-order valence-corrected chi connectivity index (χ0v) is 11.2. The Bertz CT molecular complexity index is 590. The van der Waals surface area contributed by atoms with Gasteiger partial charge in [0.25, 0.3) is 0 Å². The van der Waals surface area contributed by atoms with Crippen molar-refractivity contribution in [2.45, 2.75) is 13.8 Å². The lowest BCUT2D eigenvalue weighted by Crippen LogP contribution is -2.06. The second-order valence-electron chi connectivity index (χ2n) is 3.75. The first-order valence-corrected chi connectivity index (χ1v) is 6.09. The molecule has 0 unspecified atom stereocenters. The third kappa shape index (κ3) is 1.91. The van der Waals surface area contributed by atoms with Crippen LogP contribution in [0.3, 0.4) is 0 Å². The number of nitrogens with one attached hydrogen (secondary N) is 1. The first-order chi connectivity index (χ1) is 8.06. The molecule has 2 rings (SSSR count). The molecule has 0 radical (unpaired) electrons. The molecular weight excluding hydrogens is 284 g/mol. The van der Waals surface area contributed by atoms with Gasteiger partial charge in [-0.3, -0.25) is 0 Å². The molecular formula is C12H13BrN2O2. The molecule has 90 valence electrons. The Labute approximate surface area is 107 Å². The number of hydrogen-bond acceptors (Lipinski definition) is 3. The number of benzene rings is 1. The maximum Gasteiger partial charge on any atom is 0.342 e. The summed E-state index contributed by atoms with van der Waals surface area (Å²) < 4.78 is 5.91. The molecule has 0 atom stereocenters. The Kier molecular flexibility index (Phi) is 3.11. The van der Waals surface area contributed by atoms with E-state index in [-0.39, 0.29) is 0 Å². The predicted molar refractivity (Wildman–Crippen MR) is 71.1 cm³/mol. The van der Waals surface area contributed by atoms with Gasteiger partial charge in [-0.15, -0.1) is 0 Å². The molecule has 0 aliphatic rings. The molecule has 1 aromatic heterocycles. The number of fused-ring (bicyclic) bond motifs is 1. The smallest absolute Gasteiger partial charge is 0.342 e. The van der Waals surface area contributed by atoms with E-state index in [1.807, 2.05) is 19.1 Å². The highest BCUT2D eigenvalue weighted by atomic mass is 79.9. The number of aryl methyl sites for hydroxylation is 1. The van der Waals surface area contributed by atoms with Crippen molar-refractivity contribution < 1.29 is 9.53 Å². The van der Waals surface area contributed by atoms with Gasteiger partial charge in [-0.2, -0.15) is 0 Å². The summed E-state index contributed by atoms with van der Waals surface area (Å²) in [5, 5.41) is 0.776. The number of aromatic nitrogens is 1. The third-order valence-electron chi connectivity index (χ3n) is 2.61. The van der Waals surface area contributed by atoms with Crippen LogP contribution in [0.15, 0.2) is 16.6 Å². The van der Waals surface area contributed by atoms with Crippen molar-refractivity contribution in [3.8, 4) is 0 Å². The van der Waals surface area contributed by atoms with E-state index in [1.54, 1.807) is 6.92 Å². The van der Waals surface area contributed by atoms with Crippen LogP contribution in [0, 0.1) is 6.92 Å². The van der Waals surface area contributed by atoms with Gasteiger partial charge < -0.3 is 15.5 Å². The maximum atomic E-state index is 11.8. The number of nitrogen functional groups attached to an aromatic ring is 1. The summed E-state index contributed by atoms with van der Waals surface area (Å²) in [5.74, 6) is -0.0586. The molecule has 4 nitrogen and oxygen atoms in total. The molecule has 0 aliphatic carbocycles. The van der Waals surface area contributed by atoms with Gasteiger partial charge in [-0.1, -0.05) is 12.1 Å². The molecule has 1 aromatic carbocycles. The van der Waals surface area contributed by atoms with Crippen LogP contribution in [-0.4, -0.2) is 17.6 Å². The number of rotatable bonds is 2. The zero-order chi connectivity index (χ0) is 12.6. The molecule has 5 heteroatoms. The van der Waals surface area contributed by atoms with Gasteiger partial charge in [0, 0.05) is 9.86 Å². The number of nitrogens with two attached hydrogens (primary N) is 1. The zero-order valence-electron chi connectivity index (χ0n) is 9.63. The molecule has 1 heterocycles. The number of carbonyl (C=O) groups is 1. The largest absolute Gasteiger partial charge is 0.462 e. The van der Waals surface area contributed by atoms with Crippen molar-refractivity contribution >= 4 is 38.6 Å². The summed E-state index contributed by atoms with van der Waals surface area (Å²) >= 11 is 3.48. The van der Waals surface area contributed by atoms with E-state index in [0.29, 0.717) is 18.0 Å². The second kappa shape index (κ2) is 4.41. The van der Waals surface area contributed by atoms with Crippen LogP contribution < -0.4 is 5.73 Å². The molecule has 0 spiro atoms. The lowest BCUT2D eigenvalue weighted by atomic mass is 10.1. The average Bonchev–Trinajstić information content (AvgIpc) is 2.61. The number of ether oxygens (including phenoxy) is 1. The van der Waals surface area contributed by atoms with E-state index in [1.165, 1.54) is 0 Å². The number of hydrogen-bond donors (Lipinski definition) is 2. The summed E-state index contributed by atoms with van der Waals surface area (Å²) in [7, 11) is 0.